The first-order valence-electron chi connectivity index (χ1n) is 11.1. The molecular formula is C25H27N3O2. The largest absolute Gasteiger partial charge is 0.379 e. The van der Waals surface area contributed by atoms with Crippen molar-refractivity contribution < 1.29 is 9.53 Å². The Hall–Kier alpha value is -2.63. The maximum absolute atomic E-state index is 13.2. The van der Waals surface area contributed by atoms with Crippen LogP contribution in [0.4, 0.5) is 5.69 Å². The van der Waals surface area contributed by atoms with E-state index in [1.807, 2.05) is 24.3 Å². The van der Waals surface area contributed by atoms with Crippen molar-refractivity contribution in [3.05, 3.63) is 64.8 Å². The van der Waals surface area contributed by atoms with Gasteiger partial charge in [-0.3, -0.25) is 9.69 Å². The van der Waals surface area contributed by atoms with Gasteiger partial charge in [0.25, 0.3) is 0 Å². The Morgan fingerprint density at radius 2 is 1.77 bits per heavy atom. The van der Waals surface area contributed by atoms with Gasteiger partial charge in [0.15, 0.2) is 5.78 Å². The Labute approximate surface area is 176 Å². The van der Waals surface area contributed by atoms with Crippen LogP contribution >= 0.6 is 0 Å². The lowest BCUT2D eigenvalue weighted by Gasteiger charge is -2.41. The molecule has 2 aromatic carbocycles. The van der Waals surface area contributed by atoms with E-state index in [0.29, 0.717) is 6.04 Å². The number of fused-ring (bicyclic) bond motifs is 4. The van der Waals surface area contributed by atoms with Crippen molar-refractivity contribution in [3.63, 3.8) is 0 Å². The van der Waals surface area contributed by atoms with Crippen molar-refractivity contribution in [2.24, 2.45) is 0 Å². The van der Waals surface area contributed by atoms with E-state index in [2.05, 4.69) is 33.0 Å². The Balaban J connectivity index is 1.23. The molecule has 0 amide bonds. The molecule has 2 aliphatic heterocycles. The molecule has 2 fully saturated rings. The third-order valence-electron chi connectivity index (χ3n) is 7.10. The van der Waals surface area contributed by atoms with Gasteiger partial charge in [-0.15, -0.1) is 0 Å². The molecule has 0 atom stereocenters. The van der Waals surface area contributed by atoms with Crippen LogP contribution in [-0.2, 0) is 11.2 Å². The molecule has 5 nitrogen and oxygen atoms in total. The highest BCUT2D eigenvalue weighted by Gasteiger charge is 2.29. The number of anilines is 1. The van der Waals surface area contributed by atoms with Crippen LogP contribution < -0.4 is 4.90 Å². The number of carbonyl (C=O) groups is 1. The molecular weight excluding hydrogens is 374 g/mol. The first kappa shape index (κ1) is 18.2. The van der Waals surface area contributed by atoms with Gasteiger partial charge >= 0.3 is 0 Å². The second kappa shape index (κ2) is 7.25. The molecule has 3 aromatic rings. The summed E-state index contributed by atoms with van der Waals surface area (Å²) in [5.41, 5.74) is 6.22. The zero-order valence-electron chi connectivity index (χ0n) is 17.2. The second-order valence-electron chi connectivity index (χ2n) is 8.74. The van der Waals surface area contributed by atoms with Crippen LogP contribution in [0.15, 0.2) is 42.5 Å². The normalized spacial score (nSPS) is 20.4. The van der Waals surface area contributed by atoms with Gasteiger partial charge < -0.3 is 14.6 Å². The van der Waals surface area contributed by atoms with Crippen molar-refractivity contribution in [3.8, 4) is 0 Å². The van der Waals surface area contributed by atoms with Crippen molar-refractivity contribution in [2.45, 2.75) is 25.3 Å². The highest BCUT2D eigenvalue weighted by molar-refractivity contribution is 6.19. The van der Waals surface area contributed by atoms with E-state index in [0.717, 1.165) is 79.1 Å². The quantitative estimate of drug-likeness (QED) is 0.558. The summed E-state index contributed by atoms with van der Waals surface area (Å²) in [5.74, 6) is 0.154. The van der Waals surface area contributed by atoms with Gasteiger partial charge in [0.2, 0.25) is 0 Å². The number of ether oxygens (including phenoxy) is 1. The Kier molecular flexibility index (Phi) is 4.39. The molecule has 0 bridgehead atoms. The first-order valence-corrected chi connectivity index (χ1v) is 11.1. The number of nitrogens with zero attached hydrogens (tertiary/aromatic N) is 2. The van der Waals surface area contributed by atoms with Crippen LogP contribution in [0.25, 0.3) is 10.9 Å². The van der Waals surface area contributed by atoms with E-state index in [9.17, 15) is 4.79 Å². The fraction of sp³-hybridized carbons (Fsp3) is 0.400. The van der Waals surface area contributed by atoms with Gasteiger partial charge in [-0.2, -0.15) is 0 Å². The lowest BCUT2D eigenvalue weighted by atomic mass is 9.87. The minimum absolute atomic E-state index is 0.154. The molecule has 1 aromatic heterocycles. The Bertz CT molecular complexity index is 1100. The van der Waals surface area contributed by atoms with Crippen molar-refractivity contribution >= 4 is 22.4 Å². The summed E-state index contributed by atoms with van der Waals surface area (Å²) in [4.78, 5) is 21.8. The summed E-state index contributed by atoms with van der Waals surface area (Å²) in [7, 11) is 0. The van der Waals surface area contributed by atoms with E-state index in [-0.39, 0.29) is 5.78 Å². The number of hydrogen-bond donors (Lipinski definition) is 1. The smallest absolute Gasteiger partial charge is 0.195 e. The topological polar surface area (TPSA) is 48.6 Å². The summed E-state index contributed by atoms with van der Waals surface area (Å²) in [6.45, 7) is 6.03. The van der Waals surface area contributed by atoms with Gasteiger partial charge in [0, 0.05) is 66.5 Å². The number of H-pyrrole nitrogens is 1. The van der Waals surface area contributed by atoms with Crippen molar-refractivity contribution in [2.75, 3.05) is 44.3 Å². The lowest BCUT2D eigenvalue weighted by molar-refractivity contribution is 0.0115. The van der Waals surface area contributed by atoms with Crippen molar-refractivity contribution in [1.29, 1.82) is 0 Å². The number of hydrogen-bond acceptors (Lipinski definition) is 4. The molecule has 3 heterocycles. The fourth-order valence-electron chi connectivity index (χ4n) is 5.49. The van der Waals surface area contributed by atoms with Crippen LogP contribution in [0, 0.1) is 0 Å². The van der Waals surface area contributed by atoms with Gasteiger partial charge in [0.1, 0.15) is 0 Å². The third kappa shape index (κ3) is 2.96. The van der Waals surface area contributed by atoms with E-state index >= 15 is 0 Å². The fourth-order valence-corrected chi connectivity index (χ4v) is 5.49. The van der Waals surface area contributed by atoms with Crippen LogP contribution in [0.5, 0.6) is 0 Å². The number of aromatic amines is 1. The first-order chi connectivity index (χ1) is 14.8. The zero-order chi connectivity index (χ0) is 20.1. The minimum Gasteiger partial charge on any atom is -0.379 e. The summed E-state index contributed by atoms with van der Waals surface area (Å²) in [6.07, 6.45) is 3.19. The molecule has 1 N–H and O–H groups in total. The molecule has 1 aliphatic carbocycles. The highest BCUT2D eigenvalue weighted by Crippen LogP contribution is 2.35. The molecule has 2 saturated heterocycles. The van der Waals surface area contributed by atoms with Gasteiger partial charge in [-0.25, -0.2) is 0 Å². The second-order valence-corrected chi connectivity index (χ2v) is 8.74. The number of ketones is 1. The molecule has 5 heteroatoms. The molecule has 154 valence electrons. The highest BCUT2D eigenvalue weighted by atomic mass is 16.5. The number of aromatic nitrogens is 1. The van der Waals surface area contributed by atoms with Crippen LogP contribution in [-0.4, -0.2) is 61.1 Å². The van der Waals surface area contributed by atoms with Gasteiger partial charge in [-0.05, 0) is 42.7 Å². The van der Waals surface area contributed by atoms with Crippen LogP contribution in [0.3, 0.4) is 0 Å². The predicted molar refractivity (Wildman–Crippen MR) is 119 cm³/mol. The molecule has 0 unspecified atom stereocenters. The molecule has 6 rings (SSSR count). The summed E-state index contributed by atoms with van der Waals surface area (Å²) >= 11 is 0. The number of morpholine rings is 1. The van der Waals surface area contributed by atoms with Crippen molar-refractivity contribution in [1.82, 2.24) is 9.88 Å². The Morgan fingerprint density at radius 3 is 2.60 bits per heavy atom. The van der Waals surface area contributed by atoms with Gasteiger partial charge in [-0.1, -0.05) is 18.2 Å². The number of rotatable bonds is 2. The lowest BCUT2D eigenvalue weighted by Crippen LogP contribution is -2.49. The molecule has 3 aliphatic rings. The van der Waals surface area contributed by atoms with E-state index in [1.54, 1.807) is 0 Å². The molecule has 30 heavy (non-hydrogen) atoms. The zero-order valence-corrected chi connectivity index (χ0v) is 17.2. The predicted octanol–water partition coefficient (Wildman–Crippen LogP) is 3.60. The summed E-state index contributed by atoms with van der Waals surface area (Å²) in [5, 5.41) is 1.04. The maximum Gasteiger partial charge on any atom is 0.195 e. The maximum atomic E-state index is 13.2. The van der Waals surface area contributed by atoms with Crippen LogP contribution in [0.2, 0.25) is 0 Å². The standard InChI is InChI=1S/C25H27N3O2/c29-25-20-6-5-19(27-9-7-18(8-10-27)28-11-13-30-14-12-28)15-17(20)16-23-24(25)21-3-1-2-4-22(21)26-23/h1-6,15,18,26H,7-14,16H2. The Morgan fingerprint density at radius 1 is 0.967 bits per heavy atom. The third-order valence-corrected chi connectivity index (χ3v) is 7.10. The van der Waals surface area contributed by atoms with Gasteiger partial charge in [0.05, 0.1) is 18.8 Å². The average molecular weight is 402 g/mol. The van der Waals surface area contributed by atoms with Crippen LogP contribution in [0.1, 0.15) is 40.0 Å². The monoisotopic (exact) mass is 401 g/mol. The summed E-state index contributed by atoms with van der Waals surface area (Å²) in [6, 6.07) is 15.2. The average Bonchev–Trinajstić information content (AvgIpc) is 3.18. The number of nitrogens with one attached hydrogen (secondary N) is 1. The van der Waals surface area contributed by atoms with E-state index < -0.39 is 0 Å². The number of carbonyl (C=O) groups excluding carboxylic acids is 1. The number of para-hydroxylation sites is 1. The number of piperidine rings is 1. The number of benzene rings is 2. The SMILES string of the molecule is O=C1c2ccc(N3CCC(N4CCOCC4)CC3)cc2Cc2[nH]c3ccccc3c21. The molecule has 0 radical (unpaired) electrons. The van der Waals surface area contributed by atoms with E-state index in [4.69, 9.17) is 4.74 Å². The molecule has 0 spiro atoms. The minimum atomic E-state index is 0.154. The van der Waals surface area contributed by atoms with E-state index in [1.165, 1.54) is 18.5 Å². The molecule has 0 saturated carbocycles. The summed E-state index contributed by atoms with van der Waals surface area (Å²) < 4.78 is 5.50.